The minimum atomic E-state index is -1.28. The van der Waals surface area contributed by atoms with Gasteiger partial charge in [0, 0.05) is 16.7 Å². The van der Waals surface area contributed by atoms with E-state index in [-0.39, 0.29) is 47.0 Å². The SMILES string of the molecule is CCCCOc1ccc(-c2ccc(C3=CCC(COC4CCC(c5ccc(C)c(F)c5F)CC4)CC3)c(F)c2F)c(F)c1F. The maximum atomic E-state index is 15.2. The molecule has 2 aliphatic carbocycles. The van der Waals surface area contributed by atoms with Crippen molar-refractivity contribution in [2.45, 2.75) is 83.7 Å². The van der Waals surface area contributed by atoms with Crippen molar-refractivity contribution in [1.82, 2.24) is 0 Å². The second kappa shape index (κ2) is 14.2. The molecule has 1 unspecified atom stereocenters. The molecule has 3 aromatic rings. The fraction of sp³-hybridized carbons (Fsp3) is 0.444. The van der Waals surface area contributed by atoms with Crippen LogP contribution in [-0.2, 0) is 4.74 Å². The van der Waals surface area contributed by atoms with Gasteiger partial charge in [0.2, 0.25) is 5.82 Å². The first-order chi connectivity index (χ1) is 21.2. The standard InChI is InChI=1S/C36H38F6O2/c1-3-4-19-43-30-18-17-29(35(41)36(30)42)28-16-15-27(33(39)34(28)40)23-8-6-22(7-9-23)20-44-25-12-10-24(11-13-25)26-14-5-21(2)31(37)32(26)38/h5,8,14-18,22,24-25H,3-4,6-7,9-13,19-20H2,1-2H3. The molecule has 0 N–H and O–H groups in total. The highest BCUT2D eigenvalue weighted by atomic mass is 19.2. The van der Waals surface area contributed by atoms with Crippen molar-refractivity contribution in [2.24, 2.45) is 5.92 Å². The highest BCUT2D eigenvalue weighted by Crippen LogP contribution is 2.39. The van der Waals surface area contributed by atoms with E-state index >= 15 is 8.78 Å². The lowest BCUT2D eigenvalue weighted by atomic mass is 9.82. The lowest BCUT2D eigenvalue weighted by molar-refractivity contribution is 0.00322. The molecule has 0 heterocycles. The second-order valence-electron chi connectivity index (χ2n) is 12.0. The van der Waals surface area contributed by atoms with Crippen LogP contribution in [0.5, 0.6) is 5.75 Å². The van der Waals surface area contributed by atoms with E-state index < -0.39 is 34.9 Å². The first-order valence-corrected chi connectivity index (χ1v) is 15.5. The van der Waals surface area contributed by atoms with Crippen LogP contribution in [0, 0.1) is 47.7 Å². The summed E-state index contributed by atoms with van der Waals surface area (Å²) in [6.45, 7) is 4.26. The molecule has 0 saturated heterocycles. The Bertz CT molecular complexity index is 1510. The molecular formula is C36H38F6O2. The van der Waals surface area contributed by atoms with Gasteiger partial charge >= 0.3 is 0 Å². The van der Waals surface area contributed by atoms with Gasteiger partial charge in [0.05, 0.1) is 19.3 Å². The average Bonchev–Trinajstić information content (AvgIpc) is 3.03. The van der Waals surface area contributed by atoms with Crippen molar-refractivity contribution in [1.29, 1.82) is 0 Å². The molecule has 1 atom stereocenters. The van der Waals surface area contributed by atoms with Gasteiger partial charge in [-0.1, -0.05) is 43.7 Å². The summed E-state index contributed by atoms with van der Waals surface area (Å²) in [5, 5.41) is 0. The van der Waals surface area contributed by atoms with Gasteiger partial charge < -0.3 is 9.47 Å². The predicted molar refractivity (Wildman–Crippen MR) is 159 cm³/mol. The molecule has 0 bridgehead atoms. The molecule has 44 heavy (non-hydrogen) atoms. The van der Waals surface area contributed by atoms with E-state index in [1.165, 1.54) is 24.3 Å². The van der Waals surface area contributed by atoms with Crippen LogP contribution in [0.3, 0.4) is 0 Å². The van der Waals surface area contributed by atoms with Crippen molar-refractivity contribution < 1.29 is 35.8 Å². The largest absolute Gasteiger partial charge is 0.490 e. The molecule has 2 nitrogen and oxygen atoms in total. The molecule has 1 saturated carbocycles. The van der Waals surface area contributed by atoms with Crippen molar-refractivity contribution >= 4 is 5.57 Å². The number of aryl methyl sites for hydroxylation is 1. The van der Waals surface area contributed by atoms with Crippen LogP contribution in [0.2, 0.25) is 0 Å². The molecule has 0 aromatic heterocycles. The summed E-state index contributed by atoms with van der Waals surface area (Å²) < 4.78 is 99.7. The van der Waals surface area contributed by atoms with Crippen molar-refractivity contribution in [3.05, 3.63) is 94.1 Å². The van der Waals surface area contributed by atoms with E-state index in [0.29, 0.717) is 42.6 Å². The molecule has 2 aliphatic rings. The van der Waals surface area contributed by atoms with Gasteiger partial charge in [-0.15, -0.1) is 0 Å². The Morgan fingerprint density at radius 2 is 1.36 bits per heavy atom. The molecule has 8 heteroatoms. The van der Waals surface area contributed by atoms with Crippen molar-refractivity contribution in [3.63, 3.8) is 0 Å². The smallest absolute Gasteiger partial charge is 0.201 e. The zero-order valence-electron chi connectivity index (χ0n) is 25.1. The third kappa shape index (κ3) is 6.85. The first-order valence-electron chi connectivity index (χ1n) is 15.5. The summed E-state index contributed by atoms with van der Waals surface area (Å²) >= 11 is 0. The van der Waals surface area contributed by atoms with Crippen LogP contribution in [0.15, 0.2) is 42.5 Å². The Labute approximate surface area is 255 Å². The number of benzene rings is 3. The van der Waals surface area contributed by atoms with Gasteiger partial charge in [0.1, 0.15) is 0 Å². The quantitative estimate of drug-likeness (QED) is 0.167. The number of halogens is 6. The van der Waals surface area contributed by atoms with Crippen LogP contribution >= 0.6 is 0 Å². The summed E-state index contributed by atoms with van der Waals surface area (Å²) in [6.07, 6.45) is 8.35. The number of unbranched alkanes of at least 4 members (excludes halogenated alkanes) is 1. The predicted octanol–water partition coefficient (Wildman–Crippen LogP) is 10.6. The van der Waals surface area contributed by atoms with Gasteiger partial charge in [-0.3, -0.25) is 0 Å². The maximum absolute atomic E-state index is 15.2. The molecule has 0 spiro atoms. The van der Waals surface area contributed by atoms with Gasteiger partial charge in [0.15, 0.2) is 34.8 Å². The molecule has 236 valence electrons. The molecule has 1 fully saturated rings. The maximum Gasteiger partial charge on any atom is 0.201 e. The summed E-state index contributed by atoms with van der Waals surface area (Å²) in [7, 11) is 0. The summed E-state index contributed by atoms with van der Waals surface area (Å²) in [5.74, 6) is -6.40. The monoisotopic (exact) mass is 616 g/mol. The first kappa shape index (κ1) is 32.1. The Hall–Kier alpha value is -3.26. The lowest BCUT2D eigenvalue weighted by Gasteiger charge is -2.31. The molecule has 0 radical (unpaired) electrons. The summed E-state index contributed by atoms with van der Waals surface area (Å²) in [6, 6.07) is 8.45. The zero-order valence-corrected chi connectivity index (χ0v) is 25.1. The van der Waals surface area contributed by atoms with E-state index in [4.69, 9.17) is 9.47 Å². The van der Waals surface area contributed by atoms with Gasteiger partial charge in [-0.25, -0.2) is 22.0 Å². The van der Waals surface area contributed by atoms with E-state index in [9.17, 15) is 17.6 Å². The van der Waals surface area contributed by atoms with Gasteiger partial charge in [-0.05, 0) is 99.0 Å². The highest BCUT2D eigenvalue weighted by Gasteiger charge is 2.28. The number of allylic oxidation sites excluding steroid dienone is 2. The Balaban J connectivity index is 1.16. The van der Waals surface area contributed by atoms with Crippen LogP contribution in [0.1, 0.15) is 87.3 Å². The zero-order chi connectivity index (χ0) is 31.4. The van der Waals surface area contributed by atoms with Crippen LogP contribution in [0.4, 0.5) is 26.3 Å². The van der Waals surface area contributed by atoms with E-state index in [0.717, 1.165) is 38.5 Å². The number of hydrogen-bond donors (Lipinski definition) is 0. The third-order valence-corrected chi connectivity index (χ3v) is 9.03. The van der Waals surface area contributed by atoms with Crippen LogP contribution < -0.4 is 4.74 Å². The van der Waals surface area contributed by atoms with Crippen molar-refractivity contribution in [2.75, 3.05) is 13.2 Å². The number of rotatable bonds is 10. The normalized spacial score (nSPS) is 20.5. The fourth-order valence-electron chi connectivity index (χ4n) is 6.26. The van der Waals surface area contributed by atoms with Crippen molar-refractivity contribution in [3.8, 4) is 16.9 Å². The molecule has 0 aliphatic heterocycles. The van der Waals surface area contributed by atoms with E-state index in [1.807, 2.05) is 13.0 Å². The molecule has 5 rings (SSSR count). The number of ether oxygens (including phenoxy) is 2. The summed E-state index contributed by atoms with van der Waals surface area (Å²) in [5.41, 5.74) is 0.812. The van der Waals surface area contributed by atoms with Gasteiger partial charge in [0.25, 0.3) is 0 Å². The third-order valence-electron chi connectivity index (χ3n) is 9.03. The van der Waals surface area contributed by atoms with Crippen LogP contribution in [-0.4, -0.2) is 19.3 Å². The molecule has 0 amide bonds. The minimum Gasteiger partial charge on any atom is -0.490 e. The lowest BCUT2D eigenvalue weighted by Crippen LogP contribution is -2.24. The Kier molecular flexibility index (Phi) is 10.4. The molecule has 3 aromatic carbocycles. The topological polar surface area (TPSA) is 18.5 Å². The van der Waals surface area contributed by atoms with E-state index in [1.54, 1.807) is 19.1 Å². The second-order valence-corrected chi connectivity index (χ2v) is 12.0. The minimum absolute atomic E-state index is 0.0220. The summed E-state index contributed by atoms with van der Waals surface area (Å²) in [4.78, 5) is 0. The average molecular weight is 617 g/mol. The van der Waals surface area contributed by atoms with Gasteiger partial charge in [-0.2, -0.15) is 4.39 Å². The van der Waals surface area contributed by atoms with Crippen LogP contribution in [0.25, 0.3) is 16.7 Å². The number of hydrogen-bond acceptors (Lipinski definition) is 2. The Morgan fingerprint density at radius 3 is 2.05 bits per heavy atom. The fourth-order valence-corrected chi connectivity index (χ4v) is 6.26. The Morgan fingerprint density at radius 1 is 0.705 bits per heavy atom. The van der Waals surface area contributed by atoms with E-state index in [2.05, 4.69) is 0 Å². The highest BCUT2D eigenvalue weighted by molar-refractivity contribution is 5.72. The molecular weight excluding hydrogens is 578 g/mol.